The summed E-state index contributed by atoms with van der Waals surface area (Å²) in [5.74, 6) is 1.41. The number of nitrogens with zero attached hydrogens (tertiary/aromatic N) is 2. The molecule has 1 N–H and O–H groups in total. The van der Waals surface area contributed by atoms with E-state index in [1.54, 1.807) is 0 Å². The first-order valence-electron chi connectivity index (χ1n) is 9.73. The first-order valence-corrected chi connectivity index (χ1v) is 9.73. The van der Waals surface area contributed by atoms with Crippen LogP contribution in [0, 0.1) is 18.3 Å². The van der Waals surface area contributed by atoms with Gasteiger partial charge in [-0.2, -0.15) is 0 Å². The number of rotatable bonds is 4. The molecule has 25 heavy (non-hydrogen) atoms. The standard InChI is InChI=1S/C20H29N3O2/c1-15-4-5-18(21-13-15)23-10-6-16(7-11-23)19(24)22-14-20-8-2-3-17(20)25-12-9-20/h4-5,13,16-17H,2-3,6-12,14H2,1H3,(H,22,24)/t17-,20-/m1/s1. The van der Waals surface area contributed by atoms with Gasteiger partial charge in [-0.3, -0.25) is 4.79 Å². The van der Waals surface area contributed by atoms with Crippen molar-refractivity contribution in [2.75, 3.05) is 31.1 Å². The highest BCUT2D eigenvalue weighted by molar-refractivity contribution is 5.79. The maximum atomic E-state index is 12.6. The molecule has 3 heterocycles. The minimum Gasteiger partial charge on any atom is -0.378 e. The van der Waals surface area contributed by atoms with Crippen molar-refractivity contribution >= 4 is 11.7 Å². The van der Waals surface area contributed by atoms with E-state index in [9.17, 15) is 4.79 Å². The van der Waals surface area contributed by atoms with E-state index in [-0.39, 0.29) is 17.2 Å². The van der Waals surface area contributed by atoms with Crippen LogP contribution in [-0.2, 0) is 9.53 Å². The Hall–Kier alpha value is -1.62. The van der Waals surface area contributed by atoms with Gasteiger partial charge in [-0.05, 0) is 50.7 Å². The second-order valence-corrected chi connectivity index (χ2v) is 8.04. The Balaban J connectivity index is 1.27. The lowest BCUT2D eigenvalue weighted by atomic mass is 9.82. The van der Waals surface area contributed by atoms with Crippen molar-refractivity contribution in [3.8, 4) is 0 Å². The molecular weight excluding hydrogens is 314 g/mol. The molecule has 5 heteroatoms. The van der Waals surface area contributed by atoms with E-state index in [0.29, 0.717) is 6.10 Å². The van der Waals surface area contributed by atoms with E-state index < -0.39 is 0 Å². The van der Waals surface area contributed by atoms with Gasteiger partial charge in [-0.15, -0.1) is 0 Å². The summed E-state index contributed by atoms with van der Waals surface area (Å²) < 4.78 is 5.86. The molecule has 1 saturated carbocycles. The summed E-state index contributed by atoms with van der Waals surface area (Å²) in [6, 6.07) is 4.18. The molecule has 0 aromatic carbocycles. The minimum atomic E-state index is 0.139. The summed E-state index contributed by atoms with van der Waals surface area (Å²) in [5.41, 5.74) is 1.40. The first kappa shape index (κ1) is 16.8. The van der Waals surface area contributed by atoms with Gasteiger partial charge in [-0.1, -0.05) is 12.5 Å². The number of carbonyl (C=O) groups excluding carboxylic acids is 1. The average Bonchev–Trinajstić information content (AvgIpc) is 3.21. The fourth-order valence-electron chi connectivity index (χ4n) is 4.77. The SMILES string of the molecule is Cc1ccc(N2CCC(C(=O)NC[C@]34CCC[C@H]3OCC4)CC2)nc1. The van der Waals surface area contributed by atoms with Crippen LogP contribution >= 0.6 is 0 Å². The molecule has 0 unspecified atom stereocenters. The molecular formula is C20H29N3O2. The number of carbonyl (C=O) groups is 1. The molecule has 3 aliphatic rings. The van der Waals surface area contributed by atoms with E-state index in [1.807, 2.05) is 6.20 Å². The lowest BCUT2D eigenvalue weighted by molar-refractivity contribution is -0.126. The Kier molecular flexibility index (Phi) is 4.67. The van der Waals surface area contributed by atoms with Crippen LogP contribution in [-0.4, -0.2) is 43.2 Å². The second-order valence-electron chi connectivity index (χ2n) is 8.04. The average molecular weight is 343 g/mol. The van der Waals surface area contributed by atoms with Crippen molar-refractivity contribution in [1.82, 2.24) is 10.3 Å². The number of hydrogen-bond donors (Lipinski definition) is 1. The number of piperidine rings is 1. The van der Waals surface area contributed by atoms with E-state index in [1.165, 1.54) is 18.4 Å². The predicted molar refractivity (Wildman–Crippen MR) is 97.6 cm³/mol. The van der Waals surface area contributed by atoms with Gasteiger partial charge in [0.15, 0.2) is 0 Å². The number of amides is 1. The molecule has 1 aliphatic carbocycles. The Morgan fingerprint density at radius 1 is 1.32 bits per heavy atom. The summed E-state index contributed by atoms with van der Waals surface area (Å²) in [5, 5.41) is 3.27. The number of aryl methyl sites for hydroxylation is 1. The molecule has 1 aromatic heterocycles. The van der Waals surface area contributed by atoms with Gasteiger partial charge in [0, 0.05) is 43.8 Å². The van der Waals surface area contributed by atoms with Crippen LogP contribution in [0.3, 0.4) is 0 Å². The zero-order valence-corrected chi connectivity index (χ0v) is 15.2. The summed E-state index contributed by atoms with van der Waals surface area (Å²) in [7, 11) is 0. The van der Waals surface area contributed by atoms with Crippen molar-refractivity contribution in [1.29, 1.82) is 0 Å². The van der Waals surface area contributed by atoms with Crippen molar-refractivity contribution in [2.24, 2.45) is 11.3 Å². The highest BCUT2D eigenvalue weighted by atomic mass is 16.5. The maximum Gasteiger partial charge on any atom is 0.223 e. The fourth-order valence-corrected chi connectivity index (χ4v) is 4.77. The van der Waals surface area contributed by atoms with Gasteiger partial charge < -0.3 is 15.0 Å². The predicted octanol–water partition coefficient (Wildman–Crippen LogP) is 2.68. The molecule has 136 valence electrons. The highest BCUT2D eigenvalue weighted by Gasteiger charge is 2.47. The Morgan fingerprint density at radius 2 is 2.16 bits per heavy atom. The van der Waals surface area contributed by atoms with Gasteiger partial charge in [0.2, 0.25) is 5.91 Å². The molecule has 1 aromatic rings. The lowest BCUT2D eigenvalue weighted by Gasteiger charge is -2.33. The number of fused-ring (bicyclic) bond motifs is 1. The smallest absolute Gasteiger partial charge is 0.223 e. The number of ether oxygens (including phenoxy) is 1. The van der Waals surface area contributed by atoms with Crippen LogP contribution in [0.1, 0.15) is 44.1 Å². The van der Waals surface area contributed by atoms with Crippen molar-refractivity contribution in [3.63, 3.8) is 0 Å². The summed E-state index contributed by atoms with van der Waals surface area (Å²) >= 11 is 0. The van der Waals surface area contributed by atoms with E-state index in [4.69, 9.17) is 4.74 Å². The topological polar surface area (TPSA) is 54.5 Å². The molecule has 1 amide bonds. The third-order valence-electron chi connectivity index (χ3n) is 6.44. The fraction of sp³-hybridized carbons (Fsp3) is 0.700. The van der Waals surface area contributed by atoms with Crippen LogP contribution < -0.4 is 10.2 Å². The summed E-state index contributed by atoms with van der Waals surface area (Å²) in [6.07, 6.45) is 8.82. The summed E-state index contributed by atoms with van der Waals surface area (Å²) in [6.45, 7) is 5.53. The molecule has 2 atom stereocenters. The zero-order valence-electron chi connectivity index (χ0n) is 15.2. The number of aromatic nitrogens is 1. The third kappa shape index (κ3) is 3.39. The molecule has 3 fully saturated rings. The van der Waals surface area contributed by atoms with Crippen LogP contribution in [0.2, 0.25) is 0 Å². The van der Waals surface area contributed by atoms with E-state index in [2.05, 4.69) is 34.3 Å². The Labute approximate surface area is 150 Å². The Bertz CT molecular complexity index is 598. The summed E-state index contributed by atoms with van der Waals surface area (Å²) in [4.78, 5) is 19.4. The van der Waals surface area contributed by atoms with Gasteiger partial charge in [0.1, 0.15) is 5.82 Å². The number of hydrogen-bond acceptors (Lipinski definition) is 4. The molecule has 2 aliphatic heterocycles. The van der Waals surface area contributed by atoms with Gasteiger partial charge >= 0.3 is 0 Å². The highest BCUT2D eigenvalue weighted by Crippen LogP contribution is 2.46. The molecule has 0 spiro atoms. The van der Waals surface area contributed by atoms with Crippen LogP contribution in [0.5, 0.6) is 0 Å². The van der Waals surface area contributed by atoms with Gasteiger partial charge in [0.05, 0.1) is 6.10 Å². The largest absolute Gasteiger partial charge is 0.378 e. The lowest BCUT2D eigenvalue weighted by Crippen LogP contribution is -2.45. The molecule has 0 bridgehead atoms. The minimum absolute atomic E-state index is 0.139. The first-order chi connectivity index (χ1) is 12.2. The molecule has 4 rings (SSSR count). The number of anilines is 1. The molecule has 0 radical (unpaired) electrons. The van der Waals surface area contributed by atoms with Crippen LogP contribution in [0.15, 0.2) is 18.3 Å². The van der Waals surface area contributed by atoms with E-state index in [0.717, 1.165) is 57.7 Å². The Morgan fingerprint density at radius 3 is 2.92 bits per heavy atom. The second kappa shape index (κ2) is 6.94. The van der Waals surface area contributed by atoms with Crippen molar-refractivity contribution in [2.45, 2.75) is 51.6 Å². The third-order valence-corrected chi connectivity index (χ3v) is 6.44. The van der Waals surface area contributed by atoms with E-state index >= 15 is 0 Å². The maximum absolute atomic E-state index is 12.6. The normalized spacial score (nSPS) is 29.6. The zero-order chi connectivity index (χ0) is 17.3. The number of pyridine rings is 1. The van der Waals surface area contributed by atoms with Crippen LogP contribution in [0.4, 0.5) is 5.82 Å². The monoisotopic (exact) mass is 343 g/mol. The van der Waals surface area contributed by atoms with Gasteiger partial charge in [-0.25, -0.2) is 4.98 Å². The molecule has 5 nitrogen and oxygen atoms in total. The quantitative estimate of drug-likeness (QED) is 0.913. The van der Waals surface area contributed by atoms with Crippen molar-refractivity contribution < 1.29 is 9.53 Å². The van der Waals surface area contributed by atoms with Gasteiger partial charge in [0.25, 0.3) is 0 Å². The molecule has 2 saturated heterocycles. The number of nitrogens with one attached hydrogen (secondary N) is 1. The van der Waals surface area contributed by atoms with Crippen molar-refractivity contribution in [3.05, 3.63) is 23.9 Å². The van der Waals surface area contributed by atoms with Crippen LogP contribution in [0.25, 0.3) is 0 Å².